The Labute approximate surface area is 120 Å². The van der Waals surface area contributed by atoms with E-state index in [0.717, 1.165) is 25.3 Å². The Kier molecular flexibility index (Phi) is 3.92. The summed E-state index contributed by atoms with van der Waals surface area (Å²) in [6, 6.07) is 3.33. The number of halogens is 4. The minimum atomic E-state index is -4.57. The number of nitrogens with one attached hydrogen (secondary N) is 1. The second kappa shape index (κ2) is 5.57. The van der Waals surface area contributed by atoms with Crippen LogP contribution in [0.1, 0.15) is 36.5 Å². The fourth-order valence-electron chi connectivity index (χ4n) is 2.81. The number of benzene rings is 1. The lowest BCUT2D eigenvalue weighted by molar-refractivity contribution is -0.139. The van der Waals surface area contributed by atoms with Gasteiger partial charge >= 0.3 is 6.18 Å². The van der Waals surface area contributed by atoms with E-state index in [1.807, 2.05) is 0 Å². The average Bonchev–Trinajstić information content (AvgIpc) is 3.13. The summed E-state index contributed by atoms with van der Waals surface area (Å²) >= 11 is 0. The summed E-state index contributed by atoms with van der Waals surface area (Å²) in [6.07, 6.45) is -2.21. The lowest BCUT2D eigenvalue weighted by atomic mass is 9.91. The molecule has 1 aromatic rings. The quantitative estimate of drug-likeness (QED) is 0.857. The van der Waals surface area contributed by atoms with Gasteiger partial charge < -0.3 is 10.1 Å². The molecule has 0 aromatic heterocycles. The van der Waals surface area contributed by atoms with Crippen molar-refractivity contribution in [3.8, 4) is 0 Å². The Balaban J connectivity index is 1.83. The summed E-state index contributed by atoms with van der Waals surface area (Å²) in [6.45, 7) is 1.08. The van der Waals surface area contributed by atoms with E-state index in [1.54, 1.807) is 0 Å². The molecule has 6 heteroatoms. The zero-order valence-electron chi connectivity index (χ0n) is 11.4. The van der Waals surface area contributed by atoms with E-state index in [-0.39, 0.29) is 11.5 Å². The van der Waals surface area contributed by atoms with Crippen molar-refractivity contribution in [2.45, 2.75) is 37.6 Å². The fraction of sp³-hybridized carbons (Fsp3) is 0.600. The van der Waals surface area contributed by atoms with Gasteiger partial charge in [-0.1, -0.05) is 6.07 Å². The summed E-state index contributed by atoms with van der Waals surface area (Å²) in [7, 11) is 0. The monoisotopic (exact) mass is 303 g/mol. The van der Waals surface area contributed by atoms with Gasteiger partial charge in [0, 0.05) is 25.1 Å². The molecule has 116 valence electrons. The van der Waals surface area contributed by atoms with Gasteiger partial charge in [-0.3, -0.25) is 0 Å². The summed E-state index contributed by atoms with van der Waals surface area (Å²) in [4.78, 5) is 0. The first kappa shape index (κ1) is 14.8. The van der Waals surface area contributed by atoms with Gasteiger partial charge in [0.05, 0.1) is 11.7 Å². The maximum Gasteiger partial charge on any atom is 0.416 e. The average molecular weight is 303 g/mol. The largest absolute Gasteiger partial charge is 0.416 e. The van der Waals surface area contributed by atoms with E-state index in [9.17, 15) is 17.6 Å². The Hall–Kier alpha value is -1.14. The second-order valence-corrected chi connectivity index (χ2v) is 5.75. The van der Waals surface area contributed by atoms with Crippen LogP contribution in [0.3, 0.4) is 0 Å². The molecule has 0 amide bonds. The first-order valence-electron chi connectivity index (χ1n) is 7.17. The molecule has 1 aromatic carbocycles. The van der Waals surface area contributed by atoms with Gasteiger partial charge in [-0.25, -0.2) is 4.39 Å². The van der Waals surface area contributed by atoms with Crippen LogP contribution in [0.4, 0.5) is 17.6 Å². The first-order valence-corrected chi connectivity index (χ1v) is 7.17. The van der Waals surface area contributed by atoms with Crippen LogP contribution in [0, 0.1) is 11.7 Å². The lowest BCUT2D eigenvalue weighted by Crippen LogP contribution is -2.27. The summed E-state index contributed by atoms with van der Waals surface area (Å²) in [5.74, 6) is -0.881. The summed E-state index contributed by atoms with van der Waals surface area (Å²) in [5.41, 5.74) is -0.880. The van der Waals surface area contributed by atoms with Gasteiger partial charge in [0.1, 0.15) is 5.82 Å². The van der Waals surface area contributed by atoms with Gasteiger partial charge in [0.2, 0.25) is 0 Å². The molecule has 0 bridgehead atoms. The number of alkyl halides is 3. The summed E-state index contributed by atoms with van der Waals surface area (Å²) in [5, 5.41) is 3.33. The van der Waals surface area contributed by atoms with E-state index in [0.29, 0.717) is 25.3 Å². The molecule has 0 spiro atoms. The zero-order valence-corrected chi connectivity index (χ0v) is 11.4. The van der Waals surface area contributed by atoms with Crippen LogP contribution in [-0.4, -0.2) is 19.2 Å². The minimum Gasteiger partial charge on any atom is -0.373 e. The van der Waals surface area contributed by atoms with Gasteiger partial charge in [0.15, 0.2) is 0 Å². The Bertz CT molecular complexity index is 513. The van der Waals surface area contributed by atoms with Crippen molar-refractivity contribution in [3.63, 3.8) is 0 Å². The van der Waals surface area contributed by atoms with Crippen molar-refractivity contribution in [1.82, 2.24) is 5.32 Å². The molecule has 1 saturated heterocycles. The molecule has 2 nitrogen and oxygen atoms in total. The van der Waals surface area contributed by atoms with E-state index in [4.69, 9.17) is 4.74 Å². The molecule has 2 fully saturated rings. The van der Waals surface area contributed by atoms with Gasteiger partial charge in [0.25, 0.3) is 0 Å². The van der Waals surface area contributed by atoms with Crippen LogP contribution in [0.2, 0.25) is 0 Å². The van der Waals surface area contributed by atoms with Crippen LogP contribution >= 0.6 is 0 Å². The normalized spacial score (nSPS) is 26.3. The highest BCUT2D eigenvalue weighted by molar-refractivity contribution is 5.33. The van der Waals surface area contributed by atoms with Crippen LogP contribution < -0.4 is 5.32 Å². The predicted octanol–water partition coefficient (Wildman–Crippen LogP) is 3.67. The Morgan fingerprint density at radius 1 is 1.19 bits per heavy atom. The van der Waals surface area contributed by atoms with Gasteiger partial charge in [-0.15, -0.1) is 0 Å². The molecule has 1 heterocycles. The molecule has 1 saturated carbocycles. The third-order valence-corrected chi connectivity index (χ3v) is 4.09. The van der Waals surface area contributed by atoms with Crippen LogP contribution in [0.25, 0.3) is 0 Å². The molecule has 3 rings (SSSR count). The number of hydrogen-bond donors (Lipinski definition) is 1. The van der Waals surface area contributed by atoms with Gasteiger partial charge in [-0.2, -0.15) is 13.2 Å². The Morgan fingerprint density at radius 3 is 2.62 bits per heavy atom. The zero-order chi connectivity index (χ0) is 15.0. The molecular formula is C15H17F4NO. The van der Waals surface area contributed by atoms with Crippen molar-refractivity contribution in [3.05, 3.63) is 35.1 Å². The van der Waals surface area contributed by atoms with Gasteiger partial charge in [-0.05, 0) is 37.0 Å². The van der Waals surface area contributed by atoms with Crippen molar-refractivity contribution in [2.24, 2.45) is 5.92 Å². The fourth-order valence-corrected chi connectivity index (χ4v) is 2.81. The maximum atomic E-state index is 13.2. The van der Waals surface area contributed by atoms with Crippen molar-refractivity contribution >= 4 is 0 Å². The van der Waals surface area contributed by atoms with Crippen LogP contribution in [-0.2, 0) is 10.9 Å². The SMILES string of the molecule is Fc1ccc(C2OCCC2CNC2CC2)c(C(F)(F)F)c1. The molecule has 1 N–H and O–H groups in total. The molecule has 2 unspecified atom stereocenters. The minimum absolute atomic E-state index is 0.00263. The van der Waals surface area contributed by atoms with Crippen molar-refractivity contribution in [1.29, 1.82) is 0 Å². The lowest BCUT2D eigenvalue weighted by Gasteiger charge is -2.23. The Morgan fingerprint density at radius 2 is 1.95 bits per heavy atom. The molecule has 1 aliphatic heterocycles. The highest BCUT2D eigenvalue weighted by atomic mass is 19.4. The first-order chi connectivity index (χ1) is 9.95. The standard InChI is InChI=1S/C15H17F4NO/c16-10-1-4-12(13(7-10)15(17,18)19)14-9(5-6-21-14)8-20-11-2-3-11/h1,4,7,9,11,14,20H,2-3,5-6,8H2. The van der Waals surface area contributed by atoms with Crippen LogP contribution in [0.15, 0.2) is 18.2 Å². The number of rotatable bonds is 4. The van der Waals surface area contributed by atoms with E-state index >= 15 is 0 Å². The topological polar surface area (TPSA) is 21.3 Å². The number of hydrogen-bond acceptors (Lipinski definition) is 2. The third-order valence-electron chi connectivity index (χ3n) is 4.09. The molecule has 2 atom stereocenters. The van der Waals surface area contributed by atoms with Crippen molar-refractivity contribution < 1.29 is 22.3 Å². The highest BCUT2D eigenvalue weighted by Crippen LogP contribution is 2.42. The smallest absolute Gasteiger partial charge is 0.373 e. The third kappa shape index (κ3) is 3.37. The number of ether oxygens (including phenoxy) is 1. The maximum absolute atomic E-state index is 13.2. The molecule has 2 aliphatic rings. The molecule has 21 heavy (non-hydrogen) atoms. The van der Waals surface area contributed by atoms with E-state index in [1.165, 1.54) is 6.07 Å². The van der Waals surface area contributed by atoms with E-state index < -0.39 is 23.7 Å². The predicted molar refractivity (Wildman–Crippen MR) is 69.2 cm³/mol. The summed E-state index contributed by atoms with van der Waals surface area (Å²) < 4.78 is 58.0. The second-order valence-electron chi connectivity index (χ2n) is 5.75. The van der Waals surface area contributed by atoms with Crippen LogP contribution in [0.5, 0.6) is 0 Å². The van der Waals surface area contributed by atoms with Crippen molar-refractivity contribution in [2.75, 3.05) is 13.2 Å². The van der Waals surface area contributed by atoms with E-state index in [2.05, 4.69) is 5.32 Å². The highest BCUT2D eigenvalue weighted by Gasteiger charge is 2.40. The molecule has 1 aliphatic carbocycles. The molecule has 0 radical (unpaired) electrons. The molecular weight excluding hydrogens is 286 g/mol.